The smallest absolute Gasteiger partial charge is 0.317 e. The van der Waals surface area contributed by atoms with Crippen LogP contribution in [0.25, 0.3) is 0 Å². The normalized spacial score (nSPS) is 23.6. The Bertz CT molecular complexity index is 222. The standard InChI is InChI=1S/C12H23F3N2/c1-9(16-3)8-10(2)17-6-4-11(5-7-17)12(13,14)15/h9-11,16H,4-8H2,1-3H3. The SMILES string of the molecule is CNC(C)CC(C)N1CCC(C(F)(F)F)CC1. The fraction of sp³-hybridized carbons (Fsp3) is 1.00. The minimum atomic E-state index is -4.01. The van der Waals surface area contributed by atoms with Gasteiger partial charge in [-0.05, 0) is 53.2 Å². The van der Waals surface area contributed by atoms with E-state index < -0.39 is 12.1 Å². The molecule has 0 aromatic rings. The van der Waals surface area contributed by atoms with Crippen molar-refractivity contribution < 1.29 is 13.2 Å². The van der Waals surface area contributed by atoms with E-state index in [2.05, 4.69) is 24.1 Å². The van der Waals surface area contributed by atoms with Crippen LogP contribution >= 0.6 is 0 Å². The number of nitrogens with one attached hydrogen (secondary N) is 1. The Kier molecular flexibility index (Phi) is 5.25. The third-order valence-electron chi connectivity index (χ3n) is 3.80. The monoisotopic (exact) mass is 252 g/mol. The van der Waals surface area contributed by atoms with Crippen molar-refractivity contribution in [1.29, 1.82) is 0 Å². The molecule has 0 amide bonds. The molecule has 1 heterocycles. The molecule has 1 aliphatic rings. The molecule has 1 fully saturated rings. The van der Waals surface area contributed by atoms with Gasteiger partial charge in [-0.1, -0.05) is 0 Å². The van der Waals surface area contributed by atoms with E-state index in [0.29, 0.717) is 25.2 Å². The highest BCUT2D eigenvalue weighted by Gasteiger charge is 2.41. The lowest BCUT2D eigenvalue weighted by atomic mass is 9.94. The summed E-state index contributed by atoms with van der Waals surface area (Å²) in [5.41, 5.74) is 0. The van der Waals surface area contributed by atoms with Crippen LogP contribution in [0, 0.1) is 5.92 Å². The van der Waals surface area contributed by atoms with Gasteiger partial charge in [0.2, 0.25) is 0 Å². The number of halogens is 3. The number of hydrogen-bond donors (Lipinski definition) is 1. The van der Waals surface area contributed by atoms with Crippen molar-refractivity contribution in [3.8, 4) is 0 Å². The maximum Gasteiger partial charge on any atom is 0.391 e. The van der Waals surface area contributed by atoms with Crippen molar-refractivity contribution in [2.45, 2.75) is 51.4 Å². The summed E-state index contributed by atoms with van der Waals surface area (Å²) in [6.07, 6.45) is -2.52. The minimum Gasteiger partial charge on any atom is -0.317 e. The van der Waals surface area contributed by atoms with Gasteiger partial charge in [0.25, 0.3) is 0 Å². The van der Waals surface area contributed by atoms with E-state index in [9.17, 15) is 13.2 Å². The van der Waals surface area contributed by atoms with Crippen LogP contribution in [0.5, 0.6) is 0 Å². The summed E-state index contributed by atoms with van der Waals surface area (Å²) >= 11 is 0. The van der Waals surface area contributed by atoms with E-state index in [1.54, 1.807) is 0 Å². The maximum absolute atomic E-state index is 12.5. The summed E-state index contributed by atoms with van der Waals surface area (Å²) in [4.78, 5) is 2.18. The van der Waals surface area contributed by atoms with Crippen LogP contribution in [0.1, 0.15) is 33.1 Å². The van der Waals surface area contributed by atoms with Crippen molar-refractivity contribution in [2.24, 2.45) is 5.92 Å². The fourth-order valence-corrected chi connectivity index (χ4v) is 2.45. The molecule has 1 aliphatic heterocycles. The van der Waals surface area contributed by atoms with E-state index in [0.717, 1.165) is 6.42 Å². The third kappa shape index (κ3) is 4.47. The molecule has 0 aromatic heterocycles. The Labute approximate surface area is 102 Å². The second kappa shape index (κ2) is 6.05. The highest BCUT2D eigenvalue weighted by Crippen LogP contribution is 2.34. The summed E-state index contributed by atoms with van der Waals surface area (Å²) in [7, 11) is 1.91. The highest BCUT2D eigenvalue weighted by atomic mass is 19.4. The molecule has 5 heteroatoms. The van der Waals surface area contributed by atoms with Gasteiger partial charge in [-0.3, -0.25) is 0 Å². The van der Waals surface area contributed by atoms with Crippen LogP contribution in [-0.2, 0) is 0 Å². The summed E-state index contributed by atoms with van der Waals surface area (Å²) in [5, 5.41) is 3.16. The average Bonchev–Trinajstić information content (AvgIpc) is 2.27. The van der Waals surface area contributed by atoms with Crippen LogP contribution in [-0.4, -0.2) is 43.3 Å². The van der Waals surface area contributed by atoms with Crippen LogP contribution in [0.3, 0.4) is 0 Å². The molecule has 2 atom stereocenters. The molecule has 0 radical (unpaired) electrons. The second-order valence-electron chi connectivity index (χ2n) is 5.13. The van der Waals surface area contributed by atoms with E-state index in [4.69, 9.17) is 0 Å². The number of rotatable bonds is 4. The predicted octanol–water partition coefficient (Wildman–Crippen LogP) is 2.65. The first-order valence-corrected chi connectivity index (χ1v) is 6.32. The van der Waals surface area contributed by atoms with Crippen molar-refractivity contribution >= 4 is 0 Å². The summed E-state index contributed by atoms with van der Waals surface area (Å²) in [6, 6.07) is 0.761. The van der Waals surface area contributed by atoms with Gasteiger partial charge in [0.05, 0.1) is 5.92 Å². The summed E-state index contributed by atoms with van der Waals surface area (Å²) < 4.78 is 37.5. The summed E-state index contributed by atoms with van der Waals surface area (Å²) in [5.74, 6) is -1.09. The molecule has 0 bridgehead atoms. The first kappa shape index (κ1) is 14.8. The van der Waals surface area contributed by atoms with Crippen molar-refractivity contribution in [2.75, 3.05) is 20.1 Å². The summed E-state index contributed by atoms with van der Waals surface area (Å²) in [6.45, 7) is 5.34. The van der Waals surface area contributed by atoms with Crippen LogP contribution < -0.4 is 5.32 Å². The lowest BCUT2D eigenvalue weighted by molar-refractivity contribution is -0.186. The van der Waals surface area contributed by atoms with Crippen LogP contribution in [0.15, 0.2) is 0 Å². The third-order valence-corrected chi connectivity index (χ3v) is 3.80. The zero-order valence-electron chi connectivity index (χ0n) is 10.8. The Balaban J connectivity index is 2.36. The van der Waals surface area contributed by atoms with Gasteiger partial charge in [-0.25, -0.2) is 0 Å². The van der Waals surface area contributed by atoms with E-state index in [1.165, 1.54) is 0 Å². The molecule has 0 aliphatic carbocycles. The number of piperidine rings is 1. The molecular weight excluding hydrogens is 229 g/mol. The number of nitrogens with zero attached hydrogens (tertiary/aromatic N) is 1. The van der Waals surface area contributed by atoms with Crippen molar-refractivity contribution in [3.63, 3.8) is 0 Å². The van der Waals surface area contributed by atoms with Crippen LogP contribution in [0.4, 0.5) is 13.2 Å². The molecule has 0 saturated carbocycles. The molecule has 2 unspecified atom stereocenters. The maximum atomic E-state index is 12.5. The van der Waals surface area contributed by atoms with Gasteiger partial charge in [0, 0.05) is 12.1 Å². The van der Waals surface area contributed by atoms with Gasteiger partial charge in [-0.15, -0.1) is 0 Å². The van der Waals surface area contributed by atoms with Crippen molar-refractivity contribution in [1.82, 2.24) is 10.2 Å². The fourth-order valence-electron chi connectivity index (χ4n) is 2.45. The zero-order chi connectivity index (χ0) is 13.1. The molecule has 1 N–H and O–H groups in total. The highest BCUT2D eigenvalue weighted by molar-refractivity contribution is 4.81. The van der Waals surface area contributed by atoms with Crippen molar-refractivity contribution in [3.05, 3.63) is 0 Å². The molecule has 0 spiro atoms. The Morgan fingerprint density at radius 2 is 1.76 bits per heavy atom. The Hall–Kier alpha value is -0.290. The number of hydrogen-bond acceptors (Lipinski definition) is 2. The lowest BCUT2D eigenvalue weighted by Gasteiger charge is -2.37. The number of likely N-dealkylation sites (tertiary alicyclic amines) is 1. The molecule has 2 nitrogen and oxygen atoms in total. The first-order chi connectivity index (χ1) is 7.84. The molecular formula is C12H23F3N2. The van der Waals surface area contributed by atoms with Gasteiger partial charge in [0.1, 0.15) is 0 Å². The Morgan fingerprint density at radius 1 is 1.24 bits per heavy atom. The Morgan fingerprint density at radius 3 is 2.18 bits per heavy atom. The van der Waals surface area contributed by atoms with Gasteiger partial charge >= 0.3 is 6.18 Å². The molecule has 0 aromatic carbocycles. The first-order valence-electron chi connectivity index (χ1n) is 6.32. The van der Waals surface area contributed by atoms with E-state index in [-0.39, 0.29) is 12.8 Å². The zero-order valence-corrected chi connectivity index (χ0v) is 10.8. The van der Waals surface area contributed by atoms with Crippen LogP contribution in [0.2, 0.25) is 0 Å². The number of alkyl halides is 3. The lowest BCUT2D eigenvalue weighted by Crippen LogP contribution is -2.45. The largest absolute Gasteiger partial charge is 0.391 e. The second-order valence-corrected chi connectivity index (χ2v) is 5.13. The quantitative estimate of drug-likeness (QED) is 0.827. The van der Waals surface area contributed by atoms with E-state index >= 15 is 0 Å². The average molecular weight is 252 g/mol. The van der Waals surface area contributed by atoms with Gasteiger partial charge in [-0.2, -0.15) is 13.2 Å². The van der Waals surface area contributed by atoms with E-state index in [1.807, 2.05) is 7.05 Å². The molecule has 1 saturated heterocycles. The van der Waals surface area contributed by atoms with Gasteiger partial charge < -0.3 is 10.2 Å². The topological polar surface area (TPSA) is 15.3 Å². The molecule has 102 valence electrons. The predicted molar refractivity (Wildman–Crippen MR) is 63.0 cm³/mol. The van der Waals surface area contributed by atoms with Gasteiger partial charge in [0.15, 0.2) is 0 Å². The molecule has 17 heavy (non-hydrogen) atoms. The molecule has 1 rings (SSSR count). The minimum absolute atomic E-state index is 0.252.